The van der Waals surface area contributed by atoms with Gasteiger partial charge in [-0.05, 0) is 24.6 Å². The lowest BCUT2D eigenvalue weighted by atomic mass is 10.1. The van der Waals surface area contributed by atoms with Crippen molar-refractivity contribution in [2.24, 2.45) is 5.73 Å². The lowest BCUT2D eigenvalue weighted by Gasteiger charge is -2.17. The Morgan fingerprint density at radius 1 is 1.35 bits per heavy atom. The van der Waals surface area contributed by atoms with Crippen LogP contribution in [0.25, 0.3) is 0 Å². The Hall–Kier alpha value is -1.56. The van der Waals surface area contributed by atoms with Crippen molar-refractivity contribution >= 4 is 5.91 Å². The van der Waals surface area contributed by atoms with Crippen molar-refractivity contribution in [1.82, 2.24) is 5.32 Å². The van der Waals surface area contributed by atoms with Crippen LogP contribution in [0.15, 0.2) is 24.3 Å². The highest BCUT2D eigenvalue weighted by atomic mass is 19.4. The van der Waals surface area contributed by atoms with Crippen molar-refractivity contribution in [3.05, 3.63) is 35.4 Å². The number of amides is 1. The van der Waals surface area contributed by atoms with Crippen LogP contribution in [0.1, 0.15) is 22.8 Å². The molecule has 0 unspecified atom stereocenters. The minimum absolute atomic E-state index is 0.179. The van der Waals surface area contributed by atoms with Gasteiger partial charge in [-0.15, -0.1) is 0 Å². The minimum atomic E-state index is -4.44. The van der Waals surface area contributed by atoms with Crippen LogP contribution in [0.5, 0.6) is 0 Å². The molecule has 1 amide bonds. The molecule has 1 rings (SSSR count). The van der Waals surface area contributed by atoms with Crippen LogP contribution in [-0.4, -0.2) is 18.1 Å². The first kappa shape index (κ1) is 13.5. The van der Waals surface area contributed by atoms with Crippen molar-refractivity contribution in [2.75, 3.05) is 0 Å². The van der Waals surface area contributed by atoms with E-state index in [1.54, 1.807) is 12.1 Å². The Morgan fingerprint density at radius 2 is 1.88 bits per heavy atom. The molecule has 0 fully saturated rings. The molecule has 0 aliphatic carbocycles. The maximum absolute atomic E-state index is 12.2. The first-order valence-electron chi connectivity index (χ1n) is 5.01. The third-order valence-corrected chi connectivity index (χ3v) is 2.29. The van der Waals surface area contributed by atoms with E-state index in [-0.39, 0.29) is 5.56 Å². The molecule has 0 aliphatic rings. The number of carbonyl (C=O) groups is 1. The van der Waals surface area contributed by atoms with Crippen LogP contribution in [-0.2, 0) is 6.54 Å². The highest BCUT2D eigenvalue weighted by Gasteiger charge is 2.37. The summed E-state index contributed by atoms with van der Waals surface area (Å²) in [4.78, 5) is 11.5. The van der Waals surface area contributed by atoms with Gasteiger partial charge in [0.15, 0.2) is 0 Å². The average molecular weight is 246 g/mol. The number of hydrogen-bond donors (Lipinski definition) is 2. The van der Waals surface area contributed by atoms with E-state index in [4.69, 9.17) is 5.73 Å². The van der Waals surface area contributed by atoms with E-state index in [1.165, 1.54) is 12.1 Å². The Kier molecular flexibility index (Phi) is 4.11. The standard InChI is InChI=1S/C11H13F3N2O/c1-7(11(12,13)14)16-10(17)9-4-2-8(6-15)3-5-9/h2-5,7H,6,15H2,1H3,(H,16,17)/t7-/m1/s1. The van der Waals surface area contributed by atoms with Crippen molar-refractivity contribution < 1.29 is 18.0 Å². The Morgan fingerprint density at radius 3 is 2.29 bits per heavy atom. The molecular weight excluding hydrogens is 233 g/mol. The predicted molar refractivity (Wildman–Crippen MR) is 57.3 cm³/mol. The van der Waals surface area contributed by atoms with E-state index in [0.717, 1.165) is 12.5 Å². The SMILES string of the molecule is C[C@@H](NC(=O)c1ccc(CN)cc1)C(F)(F)F. The monoisotopic (exact) mass is 246 g/mol. The van der Waals surface area contributed by atoms with Crippen LogP contribution in [0.2, 0.25) is 0 Å². The molecule has 3 nitrogen and oxygen atoms in total. The van der Waals surface area contributed by atoms with Crippen molar-refractivity contribution in [3.8, 4) is 0 Å². The largest absolute Gasteiger partial charge is 0.408 e. The topological polar surface area (TPSA) is 55.1 Å². The number of hydrogen-bond acceptors (Lipinski definition) is 2. The fourth-order valence-corrected chi connectivity index (χ4v) is 1.15. The van der Waals surface area contributed by atoms with E-state index >= 15 is 0 Å². The fraction of sp³-hybridized carbons (Fsp3) is 0.364. The highest BCUT2D eigenvalue weighted by molar-refractivity contribution is 5.94. The number of carbonyl (C=O) groups excluding carboxylic acids is 1. The van der Waals surface area contributed by atoms with Gasteiger partial charge in [-0.3, -0.25) is 4.79 Å². The van der Waals surface area contributed by atoms with Crippen LogP contribution < -0.4 is 11.1 Å². The molecule has 0 radical (unpaired) electrons. The zero-order chi connectivity index (χ0) is 13.1. The molecular formula is C11H13F3N2O. The predicted octanol–water partition coefficient (Wildman–Crippen LogP) is 1.83. The zero-order valence-corrected chi connectivity index (χ0v) is 9.21. The van der Waals surface area contributed by atoms with E-state index in [1.807, 2.05) is 5.32 Å². The number of nitrogens with two attached hydrogens (primary N) is 1. The second-order valence-corrected chi connectivity index (χ2v) is 3.64. The summed E-state index contributed by atoms with van der Waals surface area (Å²) >= 11 is 0. The van der Waals surface area contributed by atoms with Crippen LogP contribution >= 0.6 is 0 Å². The number of halogens is 3. The van der Waals surface area contributed by atoms with Crippen LogP contribution in [0, 0.1) is 0 Å². The fourth-order valence-electron chi connectivity index (χ4n) is 1.15. The first-order chi connectivity index (χ1) is 7.84. The van der Waals surface area contributed by atoms with E-state index in [0.29, 0.717) is 6.54 Å². The minimum Gasteiger partial charge on any atom is -0.341 e. The lowest BCUT2D eigenvalue weighted by Crippen LogP contribution is -2.43. The van der Waals surface area contributed by atoms with Gasteiger partial charge in [-0.2, -0.15) is 13.2 Å². The van der Waals surface area contributed by atoms with Crippen LogP contribution in [0.4, 0.5) is 13.2 Å². The average Bonchev–Trinajstić information content (AvgIpc) is 2.27. The summed E-state index contributed by atoms with van der Waals surface area (Å²) in [6.45, 7) is 1.22. The third kappa shape index (κ3) is 3.74. The molecule has 1 aromatic carbocycles. The Bertz CT molecular complexity index is 387. The summed E-state index contributed by atoms with van der Waals surface area (Å²) in [6.07, 6.45) is -4.44. The van der Waals surface area contributed by atoms with Crippen molar-refractivity contribution in [2.45, 2.75) is 25.7 Å². The summed E-state index contributed by atoms with van der Waals surface area (Å²) in [5.41, 5.74) is 6.35. The normalized spacial score (nSPS) is 13.2. The molecule has 0 aromatic heterocycles. The smallest absolute Gasteiger partial charge is 0.341 e. The van der Waals surface area contributed by atoms with Gasteiger partial charge >= 0.3 is 6.18 Å². The second kappa shape index (κ2) is 5.18. The van der Waals surface area contributed by atoms with Gasteiger partial charge in [-0.25, -0.2) is 0 Å². The molecule has 1 aromatic rings. The van der Waals surface area contributed by atoms with Gasteiger partial charge in [-0.1, -0.05) is 12.1 Å². The molecule has 0 bridgehead atoms. The van der Waals surface area contributed by atoms with Gasteiger partial charge in [0.25, 0.3) is 5.91 Å². The maximum Gasteiger partial charge on any atom is 0.408 e. The summed E-state index contributed by atoms with van der Waals surface area (Å²) in [5, 5.41) is 1.88. The lowest BCUT2D eigenvalue weighted by molar-refractivity contribution is -0.149. The zero-order valence-electron chi connectivity index (χ0n) is 9.21. The Labute approximate surface area is 96.8 Å². The molecule has 3 N–H and O–H groups in total. The summed E-state index contributed by atoms with van der Waals surface area (Å²) < 4.78 is 36.6. The summed E-state index contributed by atoms with van der Waals surface area (Å²) in [5.74, 6) is -0.751. The molecule has 0 saturated carbocycles. The number of nitrogens with one attached hydrogen (secondary N) is 1. The number of alkyl halides is 3. The molecule has 0 heterocycles. The molecule has 0 spiro atoms. The highest BCUT2D eigenvalue weighted by Crippen LogP contribution is 2.19. The molecule has 6 heteroatoms. The quantitative estimate of drug-likeness (QED) is 0.854. The Balaban J connectivity index is 2.70. The maximum atomic E-state index is 12.2. The molecule has 0 aliphatic heterocycles. The van der Waals surface area contributed by atoms with E-state index < -0.39 is 18.1 Å². The van der Waals surface area contributed by atoms with Crippen molar-refractivity contribution in [3.63, 3.8) is 0 Å². The summed E-state index contributed by atoms with van der Waals surface area (Å²) in [7, 11) is 0. The van der Waals surface area contributed by atoms with Crippen LogP contribution in [0.3, 0.4) is 0 Å². The molecule has 17 heavy (non-hydrogen) atoms. The van der Waals surface area contributed by atoms with E-state index in [2.05, 4.69) is 0 Å². The summed E-state index contributed by atoms with van der Waals surface area (Å²) in [6, 6.07) is 4.23. The third-order valence-electron chi connectivity index (χ3n) is 2.29. The van der Waals surface area contributed by atoms with E-state index in [9.17, 15) is 18.0 Å². The van der Waals surface area contributed by atoms with Gasteiger partial charge in [0.2, 0.25) is 0 Å². The number of rotatable bonds is 3. The van der Waals surface area contributed by atoms with Gasteiger partial charge in [0.05, 0.1) is 0 Å². The van der Waals surface area contributed by atoms with Gasteiger partial charge in [0.1, 0.15) is 6.04 Å². The molecule has 0 saturated heterocycles. The number of benzene rings is 1. The van der Waals surface area contributed by atoms with Crippen molar-refractivity contribution in [1.29, 1.82) is 0 Å². The molecule has 1 atom stereocenters. The second-order valence-electron chi connectivity index (χ2n) is 3.64. The van der Waals surface area contributed by atoms with Gasteiger partial charge in [0, 0.05) is 12.1 Å². The molecule has 94 valence electrons. The first-order valence-corrected chi connectivity index (χ1v) is 5.01. The van der Waals surface area contributed by atoms with Gasteiger partial charge < -0.3 is 11.1 Å².